The van der Waals surface area contributed by atoms with Crippen molar-refractivity contribution in [3.8, 4) is 0 Å². The van der Waals surface area contributed by atoms with Crippen LogP contribution in [-0.4, -0.2) is 18.5 Å². The average molecular weight is 133 g/mol. The summed E-state index contributed by atoms with van der Waals surface area (Å²) in [7, 11) is 0. The maximum atomic E-state index is 11.6. The first-order valence-electron chi connectivity index (χ1n) is 1.62. The van der Waals surface area contributed by atoms with Gasteiger partial charge in [-0.3, -0.25) is 0 Å². The third-order valence-electron chi connectivity index (χ3n) is 0.391. The largest absolute Gasteiger partial charge is 0.246 e. The topological polar surface area (TPSA) is 0 Å². The summed E-state index contributed by atoms with van der Waals surface area (Å²) in [6, 6.07) is 0. The van der Waals surface area contributed by atoms with Gasteiger partial charge in [-0.15, -0.1) is 0 Å². The highest BCUT2D eigenvalue weighted by Crippen LogP contribution is 2.17. The van der Waals surface area contributed by atoms with Crippen LogP contribution in [0.1, 0.15) is 0 Å². The van der Waals surface area contributed by atoms with E-state index in [1.807, 2.05) is 0 Å². The molecule has 0 aromatic heterocycles. The second-order valence-corrected chi connectivity index (χ2v) is 1.80. The van der Waals surface area contributed by atoms with Gasteiger partial charge in [0.1, 0.15) is 13.3 Å². The molecular weight excluding hydrogens is 128 g/mol. The molecule has 0 unspecified atom stereocenters. The molecule has 0 aromatic carbocycles. The molecule has 0 amide bonds. The number of halogens is 4. The van der Waals surface area contributed by atoms with Crippen molar-refractivity contribution in [3.63, 3.8) is 0 Å². The molecule has 0 saturated heterocycles. The standard InChI is InChI=1S/C3H4ClF3/c4-3(7,1-5)2-6/h1-2H2. The van der Waals surface area contributed by atoms with Gasteiger partial charge in [-0.1, -0.05) is 11.6 Å². The quantitative estimate of drug-likeness (QED) is 0.503. The summed E-state index contributed by atoms with van der Waals surface area (Å²) in [4.78, 5) is 0. The molecular formula is C3H4ClF3. The summed E-state index contributed by atoms with van der Waals surface area (Å²) in [5.41, 5.74) is 0. The molecule has 7 heavy (non-hydrogen) atoms. The lowest BCUT2D eigenvalue weighted by atomic mass is 10.5. The van der Waals surface area contributed by atoms with E-state index in [9.17, 15) is 13.2 Å². The Kier molecular flexibility index (Phi) is 2.43. The molecule has 0 radical (unpaired) electrons. The SMILES string of the molecule is FCC(F)(Cl)CF. The molecule has 44 valence electrons. The lowest BCUT2D eigenvalue weighted by Gasteiger charge is -2.04. The van der Waals surface area contributed by atoms with Crippen molar-refractivity contribution >= 4 is 11.6 Å². The Balaban J connectivity index is 3.36. The lowest BCUT2D eigenvalue weighted by molar-refractivity contribution is 0.171. The van der Waals surface area contributed by atoms with Crippen LogP contribution in [-0.2, 0) is 0 Å². The van der Waals surface area contributed by atoms with E-state index in [-0.39, 0.29) is 0 Å². The summed E-state index contributed by atoms with van der Waals surface area (Å²) < 4.78 is 33.6. The summed E-state index contributed by atoms with van der Waals surface area (Å²) in [5, 5.41) is -2.78. The second kappa shape index (κ2) is 2.40. The maximum Gasteiger partial charge on any atom is 0.239 e. The van der Waals surface area contributed by atoms with Gasteiger partial charge in [0.05, 0.1) is 0 Å². The zero-order chi connectivity index (χ0) is 5.91. The molecule has 0 fully saturated rings. The normalized spacial score (nSPS) is 12.0. The second-order valence-electron chi connectivity index (χ2n) is 1.12. The van der Waals surface area contributed by atoms with E-state index in [0.717, 1.165) is 0 Å². The molecule has 0 aromatic rings. The van der Waals surface area contributed by atoms with Crippen LogP contribution in [0.4, 0.5) is 13.2 Å². The predicted molar refractivity (Wildman–Crippen MR) is 21.6 cm³/mol. The van der Waals surface area contributed by atoms with E-state index in [0.29, 0.717) is 0 Å². The average Bonchev–Trinajstić information content (AvgIpc) is 1.68. The molecule has 4 heteroatoms. The highest BCUT2D eigenvalue weighted by molar-refractivity contribution is 6.23. The Morgan fingerprint density at radius 2 is 1.57 bits per heavy atom. The van der Waals surface area contributed by atoms with Crippen LogP contribution in [0, 0.1) is 0 Å². The van der Waals surface area contributed by atoms with Gasteiger partial charge in [0, 0.05) is 0 Å². The Morgan fingerprint density at radius 1 is 1.29 bits per heavy atom. The van der Waals surface area contributed by atoms with Crippen molar-refractivity contribution < 1.29 is 13.2 Å². The van der Waals surface area contributed by atoms with Gasteiger partial charge in [-0.05, 0) is 0 Å². The molecule has 0 N–H and O–H groups in total. The minimum atomic E-state index is -2.78. The Hall–Kier alpha value is 0.0800. The number of hydrogen-bond acceptors (Lipinski definition) is 0. The summed E-state index contributed by atoms with van der Waals surface area (Å²) >= 11 is 4.49. The van der Waals surface area contributed by atoms with Crippen LogP contribution in [0.5, 0.6) is 0 Å². The van der Waals surface area contributed by atoms with Gasteiger partial charge < -0.3 is 0 Å². The van der Waals surface area contributed by atoms with Crippen molar-refractivity contribution in [2.45, 2.75) is 5.13 Å². The molecule has 0 aliphatic carbocycles. The van der Waals surface area contributed by atoms with Crippen LogP contribution in [0.15, 0.2) is 0 Å². The monoisotopic (exact) mass is 132 g/mol. The van der Waals surface area contributed by atoms with Crippen LogP contribution < -0.4 is 0 Å². The van der Waals surface area contributed by atoms with Crippen LogP contribution >= 0.6 is 11.6 Å². The van der Waals surface area contributed by atoms with Gasteiger partial charge in [-0.25, -0.2) is 13.2 Å². The number of hydrogen-bond donors (Lipinski definition) is 0. The molecule has 0 atom stereocenters. The van der Waals surface area contributed by atoms with Gasteiger partial charge in [0.25, 0.3) is 0 Å². The minimum Gasteiger partial charge on any atom is -0.246 e. The first-order chi connectivity index (χ1) is 3.12. The van der Waals surface area contributed by atoms with E-state index in [2.05, 4.69) is 11.6 Å². The van der Waals surface area contributed by atoms with Crippen molar-refractivity contribution in [2.75, 3.05) is 13.3 Å². The van der Waals surface area contributed by atoms with Gasteiger partial charge in [0.2, 0.25) is 5.13 Å². The predicted octanol–water partition coefficient (Wildman–Crippen LogP) is 1.83. The summed E-state index contributed by atoms with van der Waals surface area (Å²) in [6.45, 7) is -2.96. The zero-order valence-electron chi connectivity index (χ0n) is 3.43. The number of rotatable bonds is 2. The molecule has 0 bridgehead atoms. The fraction of sp³-hybridized carbons (Fsp3) is 1.00. The van der Waals surface area contributed by atoms with Crippen LogP contribution in [0.2, 0.25) is 0 Å². The van der Waals surface area contributed by atoms with Gasteiger partial charge in [0.15, 0.2) is 0 Å². The van der Waals surface area contributed by atoms with Crippen molar-refractivity contribution in [1.29, 1.82) is 0 Å². The van der Waals surface area contributed by atoms with E-state index in [1.54, 1.807) is 0 Å². The molecule has 0 aliphatic rings. The summed E-state index contributed by atoms with van der Waals surface area (Å²) in [6.07, 6.45) is 0. The van der Waals surface area contributed by atoms with E-state index >= 15 is 0 Å². The molecule has 0 heterocycles. The third kappa shape index (κ3) is 2.74. The fourth-order valence-corrected chi connectivity index (χ4v) is 0.0357. The van der Waals surface area contributed by atoms with E-state index < -0.39 is 18.5 Å². The van der Waals surface area contributed by atoms with Gasteiger partial charge >= 0.3 is 0 Å². The van der Waals surface area contributed by atoms with Gasteiger partial charge in [-0.2, -0.15) is 0 Å². The zero-order valence-corrected chi connectivity index (χ0v) is 4.18. The summed E-state index contributed by atoms with van der Waals surface area (Å²) in [5.74, 6) is 0. The molecule has 0 saturated carbocycles. The molecule has 0 nitrogen and oxygen atoms in total. The molecule has 0 rings (SSSR count). The molecule has 0 aliphatic heterocycles. The van der Waals surface area contributed by atoms with Crippen molar-refractivity contribution in [2.24, 2.45) is 0 Å². The Bertz CT molecular complexity index is 48.1. The van der Waals surface area contributed by atoms with E-state index in [1.165, 1.54) is 0 Å². The van der Waals surface area contributed by atoms with Crippen LogP contribution in [0.3, 0.4) is 0 Å². The first-order valence-corrected chi connectivity index (χ1v) is 2.00. The maximum absolute atomic E-state index is 11.6. The third-order valence-corrected chi connectivity index (χ3v) is 0.593. The van der Waals surface area contributed by atoms with Crippen molar-refractivity contribution in [3.05, 3.63) is 0 Å². The van der Waals surface area contributed by atoms with E-state index in [4.69, 9.17) is 0 Å². The lowest BCUT2D eigenvalue weighted by Crippen LogP contribution is -2.19. The highest BCUT2D eigenvalue weighted by atomic mass is 35.5. The smallest absolute Gasteiger partial charge is 0.239 e. The Morgan fingerprint density at radius 3 is 1.57 bits per heavy atom. The highest BCUT2D eigenvalue weighted by Gasteiger charge is 2.25. The van der Waals surface area contributed by atoms with Crippen molar-refractivity contribution in [1.82, 2.24) is 0 Å². The number of alkyl halides is 4. The first kappa shape index (κ1) is 7.08. The molecule has 0 spiro atoms. The minimum absolute atomic E-state index is 1.48. The Labute approximate surface area is 44.3 Å². The van der Waals surface area contributed by atoms with Crippen LogP contribution in [0.25, 0.3) is 0 Å². The fourth-order valence-electron chi connectivity index (χ4n) is 0.0357.